The normalized spacial score (nSPS) is 9.69. The number of halogens is 1. The van der Waals surface area contributed by atoms with E-state index in [9.17, 15) is 9.59 Å². The Hall–Kier alpha value is -1.20. The summed E-state index contributed by atoms with van der Waals surface area (Å²) in [6.07, 6.45) is 1.90. The Balaban J connectivity index is 2.85. The molecule has 2 N–H and O–H groups in total. The first-order valence-corrected chi connectivity index (χ1v) is 6.05. The molecule has 0 saturated carbocycles. The maximum atomic E-state index is 11.6. The smallest absolute Gasteiger partial charge is 0.271 e. The van der Waals surface area contributed by atoms with Gasteiger partial charge < -0.3 is 0 Å². The van der Waals surface area contributed by atoms with E-state index in [4.69, 9.17) is 11.6 Å². The lowest BCUT2D eigenvalue weighted by atomic mass is 10.2. The SMILES string of the molecule is CSc1ccc(Cl)c(C(=O)NNC(C)=O)c1. The second-order valence-corrected chi connectivity index (χ2v) is 4.27. The van der Waals surface area contributed by atoms with Crippen molar-refractivity contribution in [3.63, 3.8) is 0 Å². The number of hydrogen-bond acceptors (Lipinski definition) is 3. The van der Waals surface area contributed by atoms with Gasteiger partial charge in [0.2, 0.25) is 5.91 Å². The van der Waals surface area contributed by atoms with Crippen LogP contribution in [0.3, 0.4) is 0 Å². The van der Waals surface area contributed by atoms with Gasteiger partial charge in [-0.3, -0.25) is 20.4 Å². The molecule has 1 aromatic carbocycles. The molecule has 0 atom stereocenters. The number of hydrogen-bond donors (Lipinski definition) is 2. The molecule has 0 aromatic heterocycles. The number of carbonyl (C=O) groups excluding carboxylic acids is 2. The second kappa shape index (κ2) is 5.77. The molecule has 1 rings (SSSR count). The lowest BCUT2D eigenvalue weighted by molar-refractivity contribution is -0.119. The van der Waals surface area contributed by atoms with Gasteiger partial charge in [0.05, 0.1) is 10.6 Å². The van der Waals surface area contributed by atoms with Crippen molar-refractivity contribution in [3.8, 4) is 0 Å². The fraction of sp³-hybridized carbons (Fsp3) is 0.200. The summed E-state index contributed by atoms with van der Waals surface area (Å²) in [4.78, 5) is 23.2. The molecule has 0 aliphatic rings. The van der Waals surface area contributed by atoms with Crippen molar-refractivity contribution >= 4 is 35.2 Å². The molecule has 0 aliphatic carbocycles. The van der Waals surface area contributed by atoms with Crippen LogP contribution in [0.4, 0.5) is 0 Å². The number of hydrazine groups is 1. The highest BCUT2D eigenvalue weighted by Gasteiger charge is 2.10. The molecule has 0 radical (unpaired) electrons. The summed E-state index contributed by atoms with van der Waals surface area (Å²) in [5.41, 5.74) is 4.80. The van der Waals surface area contributed by atoms with Crippen molar-refractivity contribution in [2.75, 3.05) is 6.26 Å². The Morgan fingerprint density at radius 2 is 2.00 bits per heavy atom. The summed E-state index contributed by atoms with van der Waals surface area (Å²) >= 11 is 7.39. The molecule has 0 fully saturated rings. The first-order valence-electron chi connectivity index (χ1n) is 4.45. The highest BCUT2D eigenvalue weighted by molar-refractivity contribution is 7.98. The standard InChI is InChI=1S/C10H11ClN2O2S/c1-6(14)12-13-10(15)8-5-7(16-2)3-4-9(8)11/h3-5H,1-2H3,(H,12,14)(H,13,15). The van der Waals surface area contributed by atoms with Crippen LogP contribution in [0.25, 0.3) is 0 Å². The summed E-state index contributed by atoms with van der Waals surface area (Å²) in [6, 6.07) is 5.14. The number of thioether (sulfide) groups is 1. The van der Waals surface area contributed by atoms with Gasteiger partial charge in [-0.05, 0) is 24.5 Å². The van der Waals surface area contributed by atoms with Crippen LogP contribution in [-0.4, -0.2) is 18.1 Å². The molecule has 6 heteroatoms. The Morgan fingerprint density at radius 1 is 1.31 bits per heavy atom. The van der Waals surface area contributed by atoms with Gasteiger partial charge in [0.25, 0.3) is 5.91 Å². The third-order valence-corrected chi connectivity index (χ3v) is 2.83. The van der Waals surface area contributed by atoms with Gasteiger partial charge in [-0.2, -0.15) is 0 Å². The van der Waals surface area contributed by atoms with Gasteiger partial charge in [-0.25, -0.2) is 0 Å². The lowest BCUT2D eigenvalue weighted by Crippen LogP contribution is -2.40. The maximum Gasteiger partial charge on any atom is 0.271 e. The zero-order valence-electron chi connectivity index (χ0n) is 8.83. The lowest BCUT2D eigenvalue weighted by Gasteiger charge is -2.07. The molecule has 86 valence electrons. The number of carbonyl (C=O) groups is 2. The predicted molar refractivity (Wildman–Crippen MR) is 64.5 cm³/mol. The van der Waals surface area contributed by atoms with Crippen LogP contribution in [-0.2, 0) is 4.79 Å². The summed E-state index contributed by atoms with van der Waals surface area (Å²) in [5.74, 6) is -0.776. The topological polar surface area (TPSA) is 58.2 Å². The monoisotopic (exact) mass is 258 g/mol. The van der Waals surface area contributed by atoms with Crippen LogP contribution in [0.5, 0.6) is 0 Å². The minimum absolute atomic E-state index is 0.335. The van der Waals surface area contributed by atoms with E-state index >= 15 is 0 Å². The van der Waals surface area contributed by atoms with Gasteiger partial charge in [0.1, 0.15) is 0 Å². The highest BCUT2D eigenvalue weighted by atomic mass is 35.5. The first-order chi connectivity index (χ1) is 7.54. The maximum absolute atomic E-state index is 11.6. The quantitative estimate of drug-likeness (QED) is 0.629. The number of amides is 2. The van der Waals surface area contributed by atoms with E-state index in [2.05, 4.69) is 10.9 Å². The van der Waals surface area contributed by atoms with E-state index in [1.54, 1.807) is 12.1 Å². The van der Waals surface area contributed by atoms with Crippen LogP contribution < -0.4 is 10.9 Å². The van der Waals surface area contributed by atoms with E-state index in [0.717, 1.165) is 4.90 Å². The number of rotatable bonds is 2. The number of nitrogens with one attached hydrogen (secondary N) is 2. The van der Waals surface area contributed by atoms with Crippen molar-refractivity contribution in [1.82, 2.24) is 10.9 Å². The predicted octanol–water partition coefficient (Wildman–Crippen LogP) is 1.84. The molecule has 0 spiro atoms. The minimum atomic E-state index is -0.434. The Bertz CT molecular complexity index is 423. The Kier molecular flexibility index (Phi) is 4.64. The van der Waals surface area contributed by atoms with Gasteiger partial charge >= 0.3 is 0 Å². The Morgan fingerprint density at radius 3 is 2.56 bits per heavy atom. The molecule has 4 nitrogen and oxygen atoms in total. The van der Waals surface area contributed by atoms with E-state index in [1.165, 1.54) is 18.7 Å². The first kappa shape index (κ1) is 12.9. The van der Waals surface area contributed by atoms with Crippen LogP contribution >= 0.6 is 23.4 Å². The summed E-state index contributed by atoms with van der Waals surface area (Å²) in [5, 5.41) is 0.348. The van der Waals surface area contributed by atoms with Crippen molar-refractivity contribution < 1.29 is 9.59 Å². The van der Waals surface area contributed by atoms with E-state index in [1.807, 2.05) is 12.3 Å². The second-order valence-electron chi connectivity index (χ2n) is 2.98. The molecule has 0 unspecified atom stereocenters. The minimum Gasteiger partial charge on any atom is -0.274 e. The molecule has 1 aromatic rings. The van der Waals surface area contributed by atoms with Crippen LogP contribution in [0, 0.1) is 0 Å². The largest absolute Gasteiger partial charge is 0.274 e. The van der Waals surface area contributed by atoms with Crippen molar-refractivity contribution in [2.24, 2.45) is 0 Å². The molecule has 0 aliphatic heterocycles. The molecule has 0 heterocycles. The zero-order chi connectivity index (χ0) is 12.1. The highest BCUT2D eigenvalue weighted by Crippen LogP contribution is 2.22. The van der Waals surface area contributed by atoms with Crippen LogP contribution in [0.15, 0.2) is 23.1 Å². The van der Waals surface area contributed by atoms with Crippen molar-refractivity contribution in [3.05, 3.63) is 28.8 Å². The summed E-state index contributed by atoms with van der Waals surface area (Å²) in [6.45, 7) is 1.31. The van der Waals surface area contributed by atoms with Crippen molar-refractivity contribution in [2.45, 2.75) is 11.8 Å². The molecular formula is C10H11ClN2O2S. The van der Waals surface area contributed by atoms with Crippen LogP contribution in [0.1, 0.15) is 17.3 Å². The molecule has 0 saturated heterocycles. The van der Waals surface area contributed by atoms with Gasteiger partial charge in [0, 0.05) is 11.8 Å². The van der Waals surface area contributed by atoms with E-state index in [-0.39, 0.29) is 5.91 Å². The average Bonchev–Trinajstić information content (AvgIpc) is 2.26. The third-order valence-electron chi connectivity index (χ3n) is 1.77. The Labute approximate surface area is 103 Å². The summed E-state index contributed by atoms with van der Waals surface area (Å²) in [7, 11) is 0. The third kappa shape index (κ3) is 3.43. The average molecular weight is 259 g/mol. The molecule has 2 amide bonds. The van der Waals surface area contributed by atoms with E-state index < -0.39 is 5.91 Å². The van der Waals surface area contributed by atoms with E-state index in [0.29, 0.717) is 10.6 Å². The van der Waals surface area contributed by atoms with Crippen LogP contribution in [0.2, 0.25) is 5.02 Å². The molecule has 16 heavy (non-hydrogen) atoms. The molecular weight excluding hydrogens is 248 g/mol. The number of benzene rings is 1. The van der Waals surface area contributed by atoms with Gasteiger partial charge in [-0.1, -0.05) is 11.6 Å². The van der Waals surface area contributed by atoms with Crippen molar-refractivity contribution in [1.29, 1.82) is 0 Å². The fourth-order valence-electron chi connectivity index (χ4n) is 1.02. The zero-order valence-corrected chi connectivity index (χ0v) is 10.4. The van der Waals surface area contributed by atoms with Gasteiger partial charge in [-0.15, -0.1) is 11.8 Å². The fourth-order valence-corrected chi connectivity index (χ4v) is 1.66. The van der Waals surface area contributed by atoms with Gasteiger partial charge in [0.15, 0.2) is 0 Å². The summed E-state index contributed by atoms with van der Waals surface area (Å²) < 4.78 is 0. The molecule has 0 bridgehead atoms.